The van der Waals surface area contributed by atoms with Crippen LogP contribution in [0, 0.1) is 0 Å². The minimum absolute atomic E-state index is 0.0208. The second-order valence-corrected chi connectivity index (χ2v) is 5.14. The third-order valence-corrected chi connectivity index (χ3v) is 3.68. The Bertz CT molecular complexity index is 474. The predicted molar refractivity (Wildman–Crippen MR) is 66.1 cm³/mol. The van der Waals surface area contributed by atoms with Gasteiger partial charge in [0.05, 0.1) is 4.88 Å². The summed E-state index contributed by atoms with van der Waals surface area (Å²) in [6.07, 6.45) is 4.74. The van der Waals surface area contributed by atoms with E-state index in [1.54, 1.807) is 17.0 Å². The molecule has 1 aromatic heterocycles. The average molecular weight is 251 g/mol. The molecule has 0 bridgehead atoms. The lowest BCUT2D eigenvalue weighted by Gasteiger charge is -2.14. The van der Waals surface area contributed by atoms with Crippen LogP contribution in [0.1, 0.15) is 27.4 Å². The second-order valence-electron chi connectivity index (χ2n) is 4.02. The number of carbonyl (C=O) groups is 2. The zero-order valence-electron chi connectivity index (χ0n) is 9.42. The molecule has 0 aliphatic heterocycles. The Balaban J connectivity index is 2.06. The van der Waals surface area contributed by atoms with E-state index in [4.69, 9.17) is 5.11 Å². The summed E-state index contributed by atoms with van der Waals surface area (Å²) in [5.74, 6) is -0.964. The molecule has 5 heteroatoms. The SMILES string of the molecule is CN(C(=O)c1ccc(/C=C/C(=O)O)s1)C1CC1. The van der Waals surface area contributed by atoms with Crippen molar-refractivity contribution < 1.29 is 14.7 Å². The summed E-state index contributed by atoms with van der Waals surface area (Å²) in [5, 5.41) is 8.50. The van der Waals surface area contributed by atoms with E-state index >= 15 is 0 Å². The summed E-state index contributed by atoms with van der Waals surface area (Å²) in [6, 6.07) is 3.90. The number of aliphatic carboxylic acids is 1. The molecule has 1 aliphatic carbocycles. The predicted octanol–water partition coefficient (Wildman–Crippen LogP) is 2.08. The Kier molecular flexibility index (Phi) is 3.28. The van der Waals surface area contributed by atoms with Crippen LogP contribution in [-0.2, 0) is 4.79 Å². The molecule has 1 aliphatic rings. The van der Waals surface area contributed by atoms with Gasteiger partial charge in [0.1, 0.15) is 0 Å². The molecule has 90 valence electrons. The van der Waals surface area contributed by atoms with Crippen molar-refractivity contribution in [3.05, 3.63) is 28.0 Å². The van der Waals surface area contributed by atoms with E-state index in [1.165, 1.54) is 17.4 Å². The topological polar surface area (TPSA) is 57.6 Å². The number of carbonyl (C=O) groups excluding carboxylic acids is 1. The number of hydrogen-bond acceptors (Lipinski definition) is 3. The van der Waals surface area contributed by atoms with E-state index in [0.29, 0.717) is 10.9 Å². The standard InChI is InChI=1S/C12H13NO3S/c1-13(8-2-3-8)12(16)10-6-4-9(17-10)5-7-11(14)15/h4-8H,2-3H2,1H3,(H,14,15)/b7-5+. The fraction of sp³-hybridized carbons (Fsp3) is 0.333. The molecule has 0 saturated heterocycles. The molecule has 0 atom stereocenters. The average Bonchev–Trinajstić information content (AvgIpc) is 3.03. The van der Waals surface area contributed by atoms with Crippen molar-refractivity contribution in [2.75, 3.05) is 7.05 Å². The maximum atomic E-state index is 12.0. The number of carboxylic acid groups (broad SMARTS) is 1. The van der Waals surface area contributed by atoms with Gasteiger partial charge in [0.25, 0.3) is 5.91 Å². The second kappa shape index (κ2) is 4.71. The van der Waals surface area contributed by atoms with Gasteiger partial charge < -0.3 is 10.0 Å². The van der Waals surface area contributed by atoms with Crippen LogP contribution in [0.4, 0.5) is 0 Å². The Morgan fingerprint density at radius 3 is 2.76 bits per heavy atom. The molecule has 0 radical (unpaired) electrons. The third-order valence-electron chi connectivity index (χ3n) is 2.64. The molecule has 1 aromatic rings. The molecule has 1 heterocycles. The number of hydrogen-bond donors (Lipinski definition) is 1. The minimum atomic E-state index is -0.985. The van der Waals surface area contributed by atoms with Crippen molar-refractivity contribution in [1.29, 1.82) is 0 Å². The summed E-state index contributed by atoms with van der Waals surface area (Å²) in [4.78, 5) is 25.5. The van der Waals surface area contributed by atoms with E-state index < -0.39 is 5.97 Å². The molecular weight excluding hydrogens is 238 g/mol. The molecule has 2 rings (SSSR count). The van der Waals surface area contributed by atoms with Gasteiger partial charge in [-0.2, -0.15) is 0 Å². The third kappa shape index (κ3) is 2.94. The lowest BCUT2D eigenvalue weighted by atomic mass is 10.3. The van der Waals surface area contributed by atoms with Gasteiger partial charge in [0.2, 0.25) is 0 Å². The highest BCUT2D eigenvalue weighted by molar-refractivity contribution is 7.14. The summed E-state index contributed by atoms with van der Waals surface area (Å²) in [7, 11) is 1.81. The Morgan fingerprint density at radius 1 is 1.47 bits per heavy atom. The molecule has 0 unspecified atom stereocenters. The number of amides is 1. The van der Waals surface area contributed by atoms with Crippen LogP contribution in [0.5, 0.6) is 0 Å². The first kappa shape index (κ1) is 11.9. The maximum Gasteiger partial charge on any atom is 0.328 e. The molecule has 1 N–H and O–H groups in total. The summed E-state index contributed by atoms with van der Waals surface area (Å²) in [6.45, 7) is 0. The summed E-state index contributed by atoms with van der Waals surface area (Å²) in [5.41, 5.74) is 0. The van der Waals surface area contributed by atoms with Gasteiger partial charge in [-0.15, -0.1) is 11.3 Å². The number of carboxylic acids is 1. The highest BCUT2D eigenvalue weighted by atomic mass is 32.1. The Morgan fingerprint density at radius 2 is 2.18 bits per heavy atom. The first-order chi connectivity index (χ1) is 8.08. The van der Waals surface area contributed by atoms with Crippen molar-refractivity contribution in [3.8, 4) is 0 Å². The molecule has 1 amide bonds. The van der Waals surface area contributed by atoms with E-state index in [2.05, 4.69) is 0 Å². The van der Waals surface area contributed by atoms with Crippen molar-refractivity contribution in [2.24, 2.45) is 0 Å². The normalized spacial score (nSPS) is 15.1. The number of thiophene rings is 1. The first-order valence-corrected chi connectivity index (χ1v) is 6.17. The fourth-order valence-electron chi connectivity index (χ4n) is 1.51. The quantitative estimate of drug-likeness (QED) is 0.833. The van der Waals surface area contributed by atoms with Crippen LogP contribution in [-0.4, -0.2) is 35.0 Å². The van der Waals surface area contributed by atoms with Gasteiger partial charge in [0, 0.05) is 24.0 Å². The van der Waals surface area contributed by atoms with Gasteiger partial charge in [-0.05, 0) is 31.1 Å². The summed E-state index contributed by atoms with van der Waals surface area (Å²) < 4.78 is 0. The first-order valence-electron chi connectivity index (χ1n) is 5.36. The fourth-order valence-corrected chi connectivity index (χ4v) is 2.41. The van der Waals surface area contributed by atoms with Gasteiger partial charge in [-0.25, -0.2) is 4.79 Å². The van der Waals surface area contributed by atoms with Crippen molar-refractivity contribution in [3.63, 3.8) is 0 Å². The van der Waals surface area contributed by atoms with Gasteiger partial charge in [0.15, 0.2) is 0 Å². The lowest BCUT2D eigenvalue weighted by Crippen LogP contribution is -2.27. The van der Waals surface area contributed by atoms with Crippen LogP contribution in [0.2, 0.25) is 0 Å². The van der Waals surface area contributed by atoms with Gasteiger partial charge in [-0.1, -0.05) is 0 Å². The van der Waals surface area contributed by atoms with Crippen LogP contribution >= 0.6 is 11.3 Å². The molecule has 1 fully saturated rings. The Hall–Kier alpha value is -1.62. The molecule has 17 heavy (non-hydrogen) atoms. The van der Waals surface area contributed by atoms with Gasteiger partial charge >= 0.3 is 5.97 Å². The van der Waals surface area contributed by atoms with Gasteiger partial charge in [-0.3, -0.25) is 4.79 Å². The summed E-state index contributed by atoms with van der Waals surface area (Å²) >= 11 is 1.32. The van der Waals surface area contributed by atoms with E-state index in [9.17, 15) is 9.59 Å². The monoisotopic (exact) mass is 251 g/mol. The van der Waals surface area contributed by atoms with Crippen molar-refractivity contribution >= 4 is 29.3 Å². The zero-order valence-corrected chi connectivity index (χ0v) is 10.2. The largest absolute Gasteiger partial charge is 0.478 e. The van der Waals surface area contributed by atoms with Crippen LogP contribution in [0.25, 0.3) is 6.08 Å². The minimum Gasteiger partial charge on any atom is -0.478 e. The van der Waals surface area contributed by atoms with Crippen molar-refractivity contribution in [1.82, 2.24) is 4.90 Å². The zero-order chi connectivity index (χ0) is 12.4. The smallest absolute Gasteiger partial charge is 0.328 e. The van der Waals surface area contributed by atoms with Crippen LogP contribution < -0.4 is 0 Å². The van der Waals surface area contributed by atoms with E-state index in [-0.39, 0.29) is 5.91 Å². The highest BCUT2D eigenvalue weighted by Gasteiger charge is 2.30. The molecule has 4 nitrogen and oxygen atoms in total. The number of nitrogens with zero attached hydrogens (tertiary/aromatic N) is 1. The number of rotatable bonds is 4. The molecule has 0 spiro atoms. The lowest BCUT2D eigenvalue weighted by molar-refractivity contribution is -0.131. The molecule has 0 aromatic carbocycles. The molecular formula is C12H13NO3S. The van der Waals surface area contributed by atoms with Crippen LogP contribution in [0.3, 0.4) is 0 Å². The van der Waals surface area contributed by atoms with Crippen molar-refractivity contribution in [2.45, 2.75) is 18.9 Å². The van der Waals surface area contributed by atoms with E-state index in [1.807, 2.05) is 7.05 Å². The maximum absolute atomic E-state index is 12.0. The highest BCUT2D eigenvalue weighted by Crippen LogP contribution is 2.28. The van der Waals surface area contributed by atoms with E-state index in [0.717, 1.165) is 23.8 Å². The molecule has 1 saturated carbocycles. The van der Waals surface area contributed by atoms with Crippen LogP contribution in [0.15, 0.2) is 18.2 Å². The Labute approximate surface area is 103 Å².